The normalized spacial score (nSPS) is 10.4. The summed E-state index contributed by atoms with van der Waals surface area (Å²) >= 11 is 10.5. The van der Waals surface area contributed by atoms with Crippen LogP contribution in [0.1, 0.15) is 0 Å². The topological polar surface area (TPSA) is 64.7 Å². The summed E-state index contributed by atoms with van der Waals surface area (Å²) in [5.41, 5.74) is 5.50. The van der Waals surface area contributed by atoms with E-state index in [1.165, 1.54) is 11.8 Å². The predicted octanol–water partition coefficient (Wildman–Crippen LogP) is 3.02. The number of hydrogen-bond donors (Lipinski definition) is 1. The molecule has 82 valence electrons. The first-order chi connectivity index (χ1) is 7.65. The van der Waals surface area contributed by atoms with Gasteiger partial charge in [-0.05, 0) is 39.8 Å². The highest BCUT2D eigenvalue weighted by molar-refractivity contribution is 9.10. The molecule has 0 amide bonds. The highest BCUT2D eigenvalue weighted by Crippen LogP contribution is 2.31. The summed E-state index contributed by atoms with van der Waals surface area (Å²) in [4.78, 5) is 12.0. The highest BCUT2D eigenvalue weighted by atomic mass is 79.9. The van der Waals surface area contributed by atoms with Crippen LogP contribution in [0.4, 0.5) is 5.95 Å². The summed E-state index contributed by atoms with van der Waals surface area (Å²) in [6.45, 7) is 0. The van der Waals surface area contributed by atoms with Crippen LogP contribution in [0.2, 0.25) is 5.15 Å². The fourth-order valence-corrected chi connectivity index (χ4v) is 2.55. The number of rotatable bonds is 2. The smallest absolute Gasteiger partial charge is 0.222 e. The summed E-state index contributed by atoms with van der Waals surface area (Å²) in [6, 6.07) is 5.39. The minimum absolute atomic E-state index is 0.155. The van der Waals surface area contributed by atoms with Crippen molar-refractivity contribution in [1.29, 1.82) is 0 Å². The molecule has 4 nitrogen and oxygen atoms in total. The summed E-state index contributed by atoms with van der Waals surface area (Å²) in [5, 5.41) is 1.79. The molecule has 0 aliphatic rings. The first-order valence-corrected chi connectivity index (χ1v) is 6.22. The van der Waals surface area contributed by atoms with Gasteiger partial charge in [0.25, 0.3) is 0 Å². The van der Waals surface area contributed by atoms with E-state index in [1.807, 2.05) is 12.1 Å². The van der Waals surface area contributed by atoms with Gasteiger partial charge in [0.2, 0.25) is 5.95 Å². The molecule has 2 heterocycles. The standard InChI is InChI=1S/C9H6BrClN4S/c10-5-2-1-3-13-8(5)16-7-4-6(11)14-9(12)15-7/h1-4H,(H2,12,14,15). The van der Waals surface area contributed by atoms with Gasteiger partial charge in [0.1, 0.15) is 15.2 Å². The molecular weight excluding hydrogens is 312 g/mol. The molecule has 0 fully saturated rings. The molecule has 0 unspecified atom stereocenters. The Kier molecular flexibility index (Phi) is 3.63. The van der Waals surface area contributed by atoms with Crippen molar-refractivity contribution < 1.29 is 0 Å². The van der Waals surface area contributed by atoms with Crippen LogP contribution in [-0.2, 0) is 0 Å². The van der Waals surface area contributed by atoms with E-state index in [-0.39, 0.29) is 5.95 Å². The lowest BCUT2D eigenvalue weighted by molar-refractivity contribution is 1.05. The van der Waals surface area contributed by atoms with Gasteiger partial charge in [-0.3, -0.25) is 0 Å². The molecule has 0 spiro atoms. The second-order valence-corrected chi connectivity index (χ2v) is 5.03. The minimum atomic E-state index is 0.155. The lowest BCUT2D eigenvalue weighted by Gasteiger charge is -2.03. The number of halogens is 2. The van der Waals surface area contributed by atoms with Crippen molar-refractivity contribution in [2.45, 2.75) is 10.1 Å². The Hall–Kier alpha value is -0.850. The van der Waals surface area contributed by atoms with E-state index in [0.29, 0.717) is 10.2 Å². The molecule has 0 saturated heterocycles. The van der Waals surface area contributed by atoms with E-state index in [9.17, 15) is 0 Å². The van der Waals surface area contributed by atoms with E-state index < -0.39 is 0 Å². The average Bonchev–Trinajstić information content (AvgIpc) is 2.20. The van der Waals surface area contributed by atoms with Gasteiger partial charge in [-0.25, -0.2) is 15.0 Å². The van der Waals surface area contributed by atoms with Crippen molar-refractivity contribution in [3.63, 3.8) is 0 Å². The highest BCUT2D eigenvalue weighted by Gasteiger charge is 2.06. The van der Waals surface area contributed by atoms with E-state index in [2.05, 4.69) is 30.9 Å². The van der Waals surface area contributed by atoms with Gasteiger partial charge in [0.05, 0.1) is 4.47 Å². The lowest BCUT2D eigenvalue weighted by atomic mass is 10.5. The van der Waals surface area contributed by atoms with Crippen molar-refractivity contribution >= 4 is 45.2 Å². The van der Waals surface area contributed by atoms with E-state index in [1.54, 1.807) is 12.3 Å². The van der Waals surface area contributed by atoms with Crippen LogP contribution in [0.3, 0.4) is 0 Å². The molecule has 0 bridgehead atoms. The third kappa shape index (κ3) is 2.84. The number of nitrogen functional groups attached to an aromatic ring is 1. The molecule has 0 saturated carbocycles. The van der Waals surface area contributed by atoms with Crippen LogP contribution in [0.25, 0.3) is 0 Å². The average molecular weight is 318 g/mol. The fraction of sp³-hybridized carbons (Fsp3) is 0. The van der Waals surface area contributed by atoms with Crippen LogP contribution in [0.15, 0.2) is 38.9 Å². The first-order valence-electron chi connectivity index (χ1n) is 4.23. The minimum Gasteiger partial charge on any atom is -0.368 e. The molecule has 2 aromatic rings. The van der Waals surface area contributed by atoms with Crippen molar-refractivity contribution in [3.05, 3.63) is 34.0 Å². The van der Waals surface area contributed by atoms with Crippen LogP contribution in [0, 0.1) is 0 Å². The molecular formula is C9H6BrClN4S. The van der Waals surface area contributed by atoms with Crippen molar-refractivity contribution in [2.24, 2.45) is 0 Å². The largest absolute Gasteiger partial charge is 0.368 e. The molecule has 0 radical (unpaired) electrons. The number of nitrogens with two attached hydrogens (primary N) is 1. The van der Waals surface area contributed by atoms with Gasteiger partial charge in [0.15, 0.2) is 0 Å². The number of hydrogen-bond acceptors (Lipinski definition) is 5. The van der Waals surface area contributed by atoms with E-state index in [0.717, 1.165) is 9.50 Å². The first kappa shape index (κ1) is 11.6. The van der Waals surface area contributed by atoms with Gasteiger partial charge in [-0.1, -0.05) is 11.6 Å². The van der Waals surface area contributed by atoms with Crippen LogP contribution < -0.4 is 5.73 Å². The predicted molar refractivity (Wildman–Crippen MR) is 67.5 cm³/mol. The number of anilines is 1. The third-order valence-electron chi connectivity index (χ3n) is 1.61. The molecule has 0 atom stereocenters. The van der Waals surface area contributed by atoms with Crippen LogP contribution in [-0.4, -0.2) is 15.0 Å². The van der Waals surface area contributed by atoms with E-state index in [4.69, 9.17) is 17.3 Å². The maximum absolute atomic E-state index is 5.78. The van der Waals surface area contributed by atoms with Gasteiger partial charge >= 0.3 is 0 Å². The summed E-state index contributed by atoms with van der Waals surface area (Å²) in [6.07, 6.45) is 1.71. The van der Waals surface area contributed by atoms with E-state index >= 15 is 0 Å². The molecule has 2 aromatic heterocycles. The fourth-order valence-electron chi connectivity index (χ4n) is 1.01. The number of pyridine rings is 1. The van der Waals surface area contributed by atoms with Crippen LogP contribution >= 0.6 is 39.3 Å². The van der Waals surface area contributed by atoms with Gasteiger partial charge in [-0.2, -0.15) is 0 Å². The summed E-state index contributed by atoms with van der Waals surface area (Å²) < 4.78 is 0.897. The molecule has 16 heavy (non-hydrogen) atoms. The molecule has 0 aromatic carbocycles. The molecule has 2 N–H and O–H groups in total. The Morgan fingerprint density at radius 1 is 1.38 bits per heavy atom. The Balaban J connectivity index is 2.30. The Labute approximate surface area is 110 Å². The second kappa shape index (κ2) is 4.99. The molecule has 2 rings (SSSR count). The Morgan fingerprint density at radius 2 is 2.19 bits per heavy atom. The lowest BCUT2D eigenvalue weighted by Crippen LogP contribution is -1.95. The summed E-state index contributed by atoms with van der Waals surface area (Å²) in [5.74, 6) is 0.155. The van der Waals surface area contributed by atoms with Crippen molar-refractivity contribution in [1.82, 2.24) is 15.0 Å². The van der Waals surface area contributed by atoms with Crippen molar-refractivity contribution in [3.8, 4) is 0 Å². The van der Waals surface area contributed by atoms with Crippen LogP contribution in [0.5, 0.6) is 0 Å². The monoisotopic (exact) mass is 316 g/mol. The zero-order valence-corrected chi connectivity index (χ0v) is 11.1. The Morgan fingerprint density at radius 3 is 2.88 bits per heavy atom. The van der Waals surface area contributed by atoms with Gasteiger partial charge < -0.3 is 5.73 Å². The van der Waals surface area contributed by atoms with Crippen molar-refractivity contribution in [2.75, 3.05) is 5.73 Å². The maximum atomic E-state index is 5.78. The Bertz CT molecular complexity index is 502. The molecule has 7 heteroatoms. The zero-order chi connectivity index (χ0) is 11.5. The molecule has 0 aliphatic heterocycles. The third-order valence-corrected chi connectivity index (χ3v) is 3.65. The molecule has 0 aliphatic carbocycles. The second-order valence-electron chi connectivity index (χ2n) is 2.78. The SMILES string of the molecule is Nc1nc(Cl)cc(Sc2ncccc2Br)n1. The number of nitrogens with zero attached hydrogens (tertiary/aromatic N) is 3. The zero-order valence-electron chi connectivity index (χ0n) is 7.89. The maximum Gasteiger partial charge on any atom is 0.222 e. The van der Waals surface area contributed by atoms with Gasteiger partial charge in [0, 0.05) is 12.3 Å². The number of aromatic nitrogens is 3. The van der Waals surface area contributed by atoms with Gasteiger partial charge in [-0.15, -0.1) is 0 Å². The summed E-state index contributed by atoms with van der Waals surface area (Å²) in [7, 11) is 0. The quantitative estimate of drug-likeness (QED) is 0.863.